The molecule has 0 amide bonds. The van der Waals surface area contributed by atoms with E-state index < -0.39 is 0 Å². The van der Waals surface area contributed by atoms with Crippen LogP contribution in [0.3, 0.4) is 0 Å². The Morgan fingerprint density at radius 1 is 1.21 bits per heavy atom. The van der Waals surface area contributed by atoms with E-state index in [0.717, 1.165) is 32.2 Å². The molecule has 3 heteroatoms. The number of carbonyl (C=O) groups excluding carboxylic acids is 1. The number of carbonyl (C=O) groups is 1. The number of benzene rings is 1. The van der Waals surface area contributed by atoms with Gasteiger partial charge in [0.1, 0.15) is 0 Å². The minimum Gasteiger partial charge on any atom is -0.469 e. The summed E-state index contributed by atoms with van der Waals surface area (Å²) in [6.07, 6.45) is 4.01. The maximum atomic E-state index is 11.4. The Morgan fingerprint density at radius 3 is 2.42 bits per heavy atom. The molecule has 3 nitrogen and oxygen atoms in total. The number of methoxy groups -OCH3 is 1. The van der Waals surface area contributed by atoms with Crippen LogP contribution in [0, 0.1) is 12.8 Å². The molecule has 1 aromatic rings. The average Bonchev–Trinajstić information content (AvgIpc) is 2.46. The van der Waals surface area contributed by atoms with Crippen LogP contribution < -0.4 is 5.32 Å². The molecule has 0 aliphatic heterocycles. The Hall–Kier alpha value is -1.35. The zero-order chi connectivity index (χ0) is 13.7. The Balaban J connectivity index is 1.74. The molecule has 2 rings (SSSR count). The average molecular weight is 261 g/mol. The van der Waals surface area contributed by atoms with Gasteiger partial charge in [0.15, 0.2) is 0 Å². The third kappa shape index (κ3) is 4.06. The number of esters is 1. The first kappa shape index (κ1) is 14.1. The smallest absolute Gasteiger partial charge is 0.308 e. The molecule has 1 aliphatic rings. The van der Waals surface area contributed by atoms with Gasteiger partial charge in [-0.1, -0.05) is 29.8 Å². The molecular weight excluding hydrogens is 238 g/mol. The molecule has 1 aliphatic carbocycles. The summed E-state index contributed by atoms with van der Waals surface area (Å²) in [5, 5.41) is 3.58. The van der Waals surface area contributed by atoms with Gasteiger partial charge in [-0.05, 0) is 38.2 Å². The fraction of sp³-hybridized carbons (Fsp3) is 0.562. The first-order valence-corrected chi connectivity index (χ1v) is 7.06. The largest absolute Gasteiger partial charge is 0.469 e. The summed E-state index contributed by atoms with van der Waals surface area (Å²) < 4.78 is 4.81. The van der Waals surface area contributed by atoms with Crippen LogP contribution in [0.4, 0.5) is 0 Å². The zero-order valence-corrected chi connectivity index (χ0v) is 11.8. The minimum absolute atomic E-state index is 0.0445. The normalized spacial score (nSPS) is 23.1. The Kier molecular flexibility index (Phi) is 4.97. The van der Waals surface area contributed by atoms with E-state index in [1.54, 1.807) is 0 Å². The van der Waals surface area contributed by atoms with Gasteiger partial charge in [0.05, 0.1) is 13.0 Å². The standard InChI is InChI=1S/C16H23NO2/c1-12-3-5-13(6-4-12)11-17-15-9-7-14(8-10-15)16(18)19-2/h3-6,14-15,17H,7-11H2,1-2H3. The highest BCUT2D eigenvalue weighted by molar-refractivity contribution is 5.72. The van der Waals surface area contributed by atoms with Crippen molar-refractivity contribution in [1.82, 2.24) is 5.32 Å². The summed E-state index contributed by atoms with van der Waals surface area (Å²) in [4.78, 5) is 11.4. The molecule has 1 fully saturated rings. The number of aryl methyl sites for hydroxylation is 1. The molecule has 19 heavy (non-hydrogen) atoms. The molecule has 0 bridgehead atoms. The molecule has 0 spiro atoms. The van der Waals surface area contributed by atoms with Crippen LogP contribution in [0.5, 0.6) is 0 Å². The summed E-state index contributed by atoms with van der Waals surface area (Å²) in [5.41, 5.74) is 2.61. The first-order chi connectivity index (χ1) is 9.19. The molecule has 1 saturated carbocycles. The van der Waals surface area contributed by atoms with Crippen LogP contribution in [0.2, 0.25) is 0 Å². The monoisotopic (exact) mass is 261 g/mol. The van der Waals surface area contributed by atoms with E-state index in [2.05, 4.69) is 36.5 Å². The fourth-order valence-corrected chi connectivity index (χ4v) is 2.67. The Bertz CT molecular complexity index is 405. The molecule has 104 valence electrons. The molecular formula is C16H23NO2. The third-order valence-electron chi connectivity index (χ3n) is 3.98. The van der Waals surface area contributed by atoms with Crippen molar-refractivity contribution in [3.05, 3.63) is 35.4 Å². The predicted molar refractivity (Wildman–Crippen MR) is 75.8 cm³/mol. The second kappa shape index (κ2) is 6.71. The summed E-state index contributed by atoms with van der Waals surface area (Å²) in [6.45, 7) is 3.01. The summed E-state index contributed by atoms with van der Waals surface area (Å²) in [5.74, 6) is 0.0689. The molecule has 0 aromatic heterocycles. The van der Waals surface area contributed by atoms with Crippen LogP contribution in [0.15, 0.2) is 24.3 Å². The molecule has 1 N–H and O–H groups in total. The lowest BCUT2D eigenvalue weighted by molar-refractivity contribution is -0.146. The van der Waals surface area contributed by atoms with Gasteiger partial charge in [-0.2, -0.15) is 0 Å². The predicted octanol–water partition coefficient (Wildman–Crippen LogP) is 2.82. The lowest BCUT2D eigenvalue weighted by Gasteiger charge is -2.27. The van der Waals surface area contributed by atoms with Gasteiger partial charge < -0.3 is 10.1 Å². The maximum absolute atomic E-state index is 11.4. The van der Waals surface area contributed by atoms with Gasteiger partial charge in [0, 0.05) is 12.6 Å². The van der Waals surface area contributed by atoms with E-state index in [1.165, 1.54) is 18.2 Å². The van der Waals surface area contributed by atoms with E-state index >= 15 is 0 Å². The van der Waals surface area contributed by atoms with Gasteiger partial charge in [0.25, 0.3) is 0 Å². The molecule has 0 saturated heterocycles. The van der Waals surface area contributed by atoms with Crippen molar-refractivity contribution in [2.24, 2.45) is 5.92 Å². The second-order valence-electron chi connectivity index (χ2n) is 5.44. The minimum atomic E-state index is -0.0445. The molecule has 0 unspecified atom stereocenters. The van der Waals surface area contributed by atoms with E-state index in [4.69, 9.17) is 4.74 Å². The molecule has 0 radical (unpaired) electrons. The van der Waals surface area contributed by atoms with Crippen LogP contribution in [-0.2, 0) is 16.1 Å². The third-order valence-corrected chi connectivity index (χ3v) is 3.98. The van der Waals surface area contributed by atoms with Crippen molar-refractivity contribution < 1.29 is 9.53 Å². The number of nitrogens with one attached hydrogen (secondary N) is 1. The van der Waals surface area contributed by atoms with E-state index in [1.807, 2.05) is 0 Å². The van der Waals surface area contributed by atoms with Crippen LogP contribution in [0.1, 0.15) is 36.8 Å². The van der Waals surface area contributed by atoms with Crippen molar-refractivity contribution in [2.75, 3.05) is 7.11 Å². The Morgan fingerprint density at radius 2 is 1.84 bits per heavy atom. The highest BCUT2D eigenvalue weighted by atomic mass is 16.5. The van der Waals surface area contributed by atoms with Crippen LogP contribution in [0.25, 0.3) is 0 Å². The Labute approximate surface area is 115 Å². The van der Waals surface area contributed by atoms with Crippen LogP contribution >= 0.6 is 0 Å². The van der Waals surface area contributed by atoms with Gasteiger partial charge in [-0.15, -0.1) is 0 Å². The lowest BCUT2D eigenvalue weighted by atomic mass is 9.86. The second-order valence-corrected chi connectivity index (χ2v) is 5.44. The number of ether oxygens (including phenoxy) is 1. The molecule has 1 aromatic carbocycles. The summed E-state index contributed by atoms with van der Waals surface area (Å²) in [6, 6.07) is 9.16. The maximum Gasteiger partial charge on any atom is 0.308 e. The van der Waals surface area contributed by atoms with Gasteiger partial charge >= 0.3 is 5.97 Å². The summed E-state index contributed by atoms with van der Waals surface area (Å²) in [7, 11) is 1.48. The SMILES string of the molecule is COC(=O)C1CCC(NCc2ccc(C)cc2)CC1. The number of hydrogen-bond acceptors (Lipinski definition) is 3. The fourth-order valence-electron chi connectivity index (χ4n) is 2.67. The quantitative estimate of drug-likeness (QED) is 0.847. The first-order valence-electron chi connectivity index (χ1n) is 7.06. The molecule has 0 atom stereocenters. The molecule has 0 heterocycles. The topological polar surface area (TPSA) is 38.3 Å². The lowest BCUT2D eigenvalue weighted by Crippen LogP contribution is -2.34. The van der Waals surface area contributed by atoms with Crippen molar-refractivity contribution >= 4 is 5.97 Å². The number of rotatable bonds is 4. The van der Waals surface area contributed by atoms with Gasteiger partial charge in [-0.3, -0.25) is 4.79 Å². The van der Waals surface area contributed by atoms with E-state index in [0.29, 0.717) is 6.04 Å². The summed E-state index contributed by atoms with van der Waals surface area (Å²) >= 11 is 0. The van der Waals surface area contributed by atoms with Crippen molar-refractivity contribution in [3.8, 4) is 0 Å². The van der Waals surface area contributed by atoms with E-state index in [9.17, 15) is 4.79 Å². The van der Waals surface area contributed by atoms with Crippen LogP contribution in [-0.4, -0.2) is 19.1 Å². The van der Waals surface area contributed by atoms with Gasteiger partial charge in [-0.25, -0.2) is 0 Å². The highest BCUT2D eigenvalue weighted by Gasteiger charge is 2.26. The van der Waals surface area contributed by atoms with E-state index in [-0.39, 0.29) is 11.9 Å². The van der Waals surface area contributed by atoms with Crippen molar-refractivity contribution in [2.45, 2.75) is 45.2 Å². The van der Waals surface area contributed by atoms with Crippen molar-refractivity contribution in [3.63, 3.8) is 0 Å². The highest BCUT2D eigenvalue weighted by Crippen LogP contribution is 2.25. The van der Waals surface area contributed by atoms with Crippen molar-refractivity contribution in [1.29, 1.82) is 0 Å². The van der Waals surface area contributed by atoms with Gasteiger partial charge in [0.2, 0.25) is 0 Å². The number of hydrogen-bond donors (Lipinski definition) is 1. The zero-order valence-electron chi connectivity index (χ0n) is 11.8.